The maximum Gasteiger partial charge on any atom is 0.218 e. The Bertz CT molecular complexity index is 113. The average Bonchev–Trinajstić information content (AvgIpc) is 1.96. The smallest absolute Gasteiger partial charge is 0.218 e. The molecule has 0 saturated heterocycles. The molecule has 0 aliphatic carbocycles. The number of hydrogen-bond acceptors (Lipinski definition) is 5. The molecule has 6 heteroatoms. The van der Waals surface area contributed by atoms with Crippen molar-refractivity contribution in [3.63, 3.8) is 0 Å². The predicted octanol–water partition coefficient (Wildman–Crippen LogP) is 0.133. The summed E-state index contributed by atoms with van der Waals surface area (Å²) in [6.07, 6.45) is 0.432. The van der Waals surface area contributed by atoms with E-state index in [1.807, 2.05) is 0 Å². The predicted molar refractivity (Wildman–Crippen MR) is 48.9 cm³/mol. The third kappa shape index (κ3) is 10.1. The van der Waals surface area contributed by atoms with Gasteiger partial charge in [-0.3, -0.25) is 4.79 Å². The summed E-state index contributed by atoms with van der Waals surface area (Å²) in [5.74, 6) is 6.13. The molecule has 0 spiro atoms. The first-order valence-corrected chi connectivity index (χ1v) is 5.60. The second kappa shape index (κ2) is 8.19. The lowest BCUT2D eigenvalue weighted by atomic mass is 10.5. The lowest BCUT2D eigenvalue weighted by Crippen LogP contribution is -2.10. The summed E-state index contributed by atoms with van der Waals surface area (Å²) in [5, 5.41) is 0. The minimum absolute atomic E-state index is 0.256. The summed E-state index contributed by atoms with van der Waals surface area (Å²) in [4.78, 5) is 14.6. The van der Waals surface area contributed by atoms with E-state index in [-0.39, 0.29) is 5.91 Å². The highest BCUT2D eigenvalue weighted by molar-refractivity contribution is 8.76. The Morgan fingerprint density at radius 2 is 2.00 bits per heavy atom. The Balaban J connectivity index is 2.85. The van der Waals surface area contributed by atoms with E-state index in [0.29, 0.717) is 13.0 Å². The summed E-state index contributed by atoms with van der Waals surface area (Å²) < 4.78 is 0. The van der Waals surface area contributed by atoms with Crippen LogP contribution in [0.4, 0.5) is 0 Å². The molecule has 1 amide bonds. The number of hydrogen-bond donors (Lipinski definition) is 2. The molecule has 0 radical (unpaired) electrons. The molecule has 0 aliphatic heterocycles. The number of nitrogens with two attached hydrogens (primary N) is 2. The van der Waals surface area contributed by atoms with Crippen LogP contribution in [0.2, 0.25) is 0 Å². The zero-order valence-electron chi connectivity index (χ0n) is 6.12. The lowest BCUT2D eigenvalue weighted by molar-refractivity contribution is -0.117. The Labute approximate surface area is 73.8 Å². The number of rotatable bonds is 7. The largest absolute Gasteiger partial charge is 0.370 e. The standard InChI is InChI=1S/C5H12N2O2S2/c6-5(8)1-3-10-11-4-2-9-7/h1-4,7H2,(H2,6,8). The fourth-order valence-corrected chi connectivity index (χ4v) is 2.19. The third-order valence-electron chi connectivity index (χ3n) is 0.800. The zero-order chi connectivity index (χ0) is 8.53. The van der Waals surface area contributed by atoms with E-state index in [4.69, 9.17) is 11.6 Å². The van der Waals surface area contributed by atoms with Crippen molar-refractivity contribution in [2.75, 3.05) is 18.1 Å². The van der Waals surface area contributed by atoms with Gasteiger partial charge in [0, 0.05) is 17.9 Å². The van der Waals surface area contributed by atoms with Gasteiger partial charge in [-0.2, -0.15) is 0 Å². The molecule has 0 saturated carbocycles. The summed E-state index contributed by atoms with van der Waals surface area (Å²) >= 11 is 0. The molecule has 4 nitrogen and oxygen atoms in total. The van der Waals surface area contributed by atoms with E-state index in [1.165, 1.54) is 0 Å². The number of carbonyl (C=O) groups is 1. The topological polar surface area (TPSA) is 78.3 Å². The SMILES string of the molecule is NOCCSSCCC(N)=O. The van der Waals surface area contributed by atoms with Crippen LogP contribution in [0.3, 0.4) is 0 Å². The molecule has 0 aromatic heterocycles. The molecule has 11 heavy (non-hydrogen) atoms. The van der Waals surface area contributed by atoms with Gasteiger partial charge in [-0.05, 0) is 0 Å². The van der Waals surface area contributed by atoms with Gasteiger partial charge in [-0.1, -0.05) is 21.6 Å². The van der Waals surface area contributed by atoms with E-state index in [2.05, 4.69) is 4.84 Å². The number of primary amides is 1. The van der Waals surface area contributed by atoms with E-state index in [1.54, 1.807) is 21.6 Å². The summed E-state index contributed by atoms with van der Waals surface area (Å²) in [5.41, 5.74) is 4.93. The van der Waals surface area contributed by atoms with Crippen LogP contribution in [0.1, 0.15) is 6.42 Å². The molecule has 4 N–H and O–H groups in total. The fourth-order valence-electron chi connectivity index (χ4n) is 0.342. The first-order valence-electron chi connectivity index (χ1n) is 3.11. The average molecular weight is 196 g/mol. The van der Waals surface area contributed by atoms with Crippen LogP contribution >= 0.6 is 21.6 Å². The molecule has 0 aromatic carbocycles. The van der Waals surface area contributed by atoms with Gasteiger partial charge in [0.25, 0.3) is 0 Å². The van der Waals surface area contributed by atoms with Crippen molar-refractivity contribution in [1.29, 1.82) is 0 Å². The molecular weight excluding hydrogens is 184 g/mol. The van der Waals surface area contributed by atoms with Gasteiger partial charge in [-0.25, -0.2) is 5.90 Å². The Morgan fingerprint density at radius 1 is 1.36 bits per heavy atom. The van der Waals surface area contributed by atoms with Crippen LogP contribution in [0, 0.1) is 0 Å². The van der Waals surface area contributed by atoms with Crippen molar-refractivity contribution >= 4 is 27.5 Å². The third-order valence-corrected chi connectivity index (χ3v) is 3.17. The van der Waals surface area contributed by atoms with Gasteiger partial charge in [0.05, 0.1) is 6.61 Å². The van der Waals surface area contributed by atoms with Crippen molar-refractivity contribution in [2.24, 2.45) is 11.6 Å². The molecule has 0 heterocycles. The van der Waals surface area contributed by atoms with Crippen LogP contribution in [-0.2, 0) is 9.63 Å². The number of carbonyl (C=O) groups excluding carboxylic acids is 1. The van der Waals surface area contributed by atoms with Gasteiger partial charge < -0.3 is 10.6 Å². The van der Waals surface area contributed by atoms with Crippen LogP contribution in [-0.4, -0.2) is 24.0 Å². The van der Waals surface area contributed by atoms with Crippen LogP contribution in [0.25, 0.3) is 0 Å². The lowest BCUT2D eigenvalue weighted by Gasteiger charge is -1.97. The van der Waals surface area contributed by atoms with Gasteiger partial charge in [0.1, 0.15) is 0 Å². The van der Waals surface area contributed by atoms with Crippen molar-refractivity contribution in [1.82, 2.24) is 0 Å². The van der Waals surface area contributed by atoms with Crippen LogP contribution < -0.4 is 11.6 Å². The molecule has 0 bridgehead atoms. The van der Waals surface area contributed by atoms with Gasteiger partial charge in [-0.15, -0.1) is 0 Å². The van der Waals surface area contributed by atoms with Gasteiger partial charge in [0.15, 0.2) is 0 Å². The van der Waals surface area contributed by atoms with E-state index in [9.17, 15) is 4.79 Å². The highest BCUT2D eigenvalue weighted by Crippen LogP contribution is 2.20. The normalized spacial score (nSPS) is 9.91. The molecule has 66 valence electrons. The molecule has 0 aliphatic rings. The monoisotopic (exact) mass is 196 g/mol. The quantitative estimate of drug-likeness (QED) is 0.344. The molecule has 0 aromatic rings. The minimum Gasteiger partial charge on any atom is -0.370 e. The molecule has 0 rings (SSSR count). The first kappa shape index (κ1) is 11.1. The summed E-state index contributed by atoms with van der Waals surface area (Å²) in [6.45, 7) is 0.536. The molecular formula is C5H12N2O2S2. The molecule has 0 unspecified atom stereocenters. The summed E-state index contributed by atoms with van der Waals surface area (Å²) in [6, 6.07) is 0. The second-order valence-corrected chi connectivity index (χ2v) is 4.43. The van der Waals surface area contributed by atoms with Crippen LogP contribution in [0.5, 0.6) is 0 Å². The molecule has 0 atom stereocenters. The van der Waals surface area contributed by atoms with E-state index in [0.717, 1.165) is 11.5 Å². The maximum absolute atomic E-state index is 10.2. The van der Waals surface area contributed by atoms with Gasteiger partial charge >= 0.3 is 0 Å². The molecule has 0 fully saturated rings. The minimum atomic E-state index is -0.256. The van der Waals surface area contributed by atoms with Gasteiger partial charge in [0.2, 0.25) is 5.91 Å². The fraction of sp³-hybridized carbons (Fsp3) is 0.800. The van der Waals surface area contributed by atoms with Crippen molar-refractivity contribution in [3.8, 4) is 0 Å². The summed E-state index contributed by atoms with van der Waals surface area (Å²) in [7, 11) is 3.23. The van der Waals surface area contributed by atoms with E-state index >= 15 is 0 Å². The highest BCUT2D eigenvalue weighted by Gasteiger charge is 1.94. The van der Waals surface area contributed by atoms with Crippen molar-refractivity contribution in [3.05, 3.63) is 0 Å². The Kier molecular flexibility index (Phi) is 8.26. The Hall–Kier alpha value is 0.0900. The number of amides is 1. The second-order valence-electron chi connectivity index (χ2n) is 1.73. The van der Waals surface area contributed by atoms with Crippen molar-refractivity contribution in [2.45, 2.75) is 6.42 Å². The van der Waals surface area contributed by atoms with Crippen LogP contribution in [0.15, 0.2) is 0 Å². The zero-order valence-corrected chi connectivity index (χ0v) is 7.75. The highest BCUT2D eigenvalue weighted by atomic mass is 33.1. The maximum atomic E-state index is 10.2. The Morgan fingerprint density at radius 3 is 2.55 bits per heavy atom. The first-order chi connectivity index (χ1) is 5.27. The van der Waals surface area contributed by atoms with E-state index < -0.39 is 0 Å². The van der Waals surface area contributed by atoms with Crippen molar-refractivity contribution < 1.29 is 9.63 Å².